The molecule has 0 spiro atoms. The van der Waals surface area contributed by atoms with Crippen LogP contribution in [0.15, 0.2) is 48.5 Å². The van der Waals surface area contributed by atoms with Gasteiger partial charge in [0.15, 0.2) is 0 Å². The number of hydrogen-bond acceptors (Lipinski definition) is 2. The van der Waals surface area contributed by atoms with Crippen LogP contribution in [0.25, 0.3) is 0 Å². The fraction of sp³-hybridized carbons (Fsp3) is 0.391. The second kappa shape index (κ2) is 6.66. The van der Waals surface area contributed by atoms with E-state index in [0.29, 0.717) is 43.8 Å². The van der Waals surface area contributed by atoms with Crippen LogP contribution in [-0.2, 0) is 4.79 Å². The van der Waals surface area contributed by atoms with E-state index >= 15 is 0 Å². The normalized spacial score (nSPS) is 27.2. The lowest BCUT2D eigenvalue weighted by Crippen LogP contribution is -2.44. The molecule has 1 aliphatic heterocycles. The van der Waals surface area contributed by atoms with Gasteiger partial charge in [-0.25, -0.2) is 4.79 Å². The number of carboxylic acids is 1. The summed E-state index contributed by atoms with van der Waals surface area (Å²) in [7, 11) is 0. The van der Waals surface area contributed by atoms with Gasteiger partial charge in [-0.05, 0) is 41.0 Å². The third kappa shape index (κ3) is 2.68. The summed E-state index contributed by atoms with van der Waals surface area (Å²) in [4.78, 5) is 25.4. The quantitative estimate of drug-likeness (QED) is 0.863. The molecule has 2 bridgehead atoms. The van der Waals surface area contributed by atoms with E-state index in [1.807, 2.05) is 0 Å². The Hall–Kier alpha value is -2.82. The van der Waals surface area contributed by atoms with Gasteiger partial charge in [0.05, 0.1) is 5.92 Å². The molecule has 0 radical (unpaired) electrons. The minimum atomic E-state index is -0.812. The standard InChI is InChI=1S/C23H24N2O3/c26-22(27)14-9-10-25(13-14)23(28)24-12-15-11-20-16-5-1-3-7-18(16)21(15)19-8-4-2-6-17(19)20/h1-8,14-15,20-21H,9-13H2,(H,24,28)(H,26,27). The molecule has 0 saturated carbocycles. The first-order chi connectivity index (χ1) is 13.6. The fourth-order valence-corrected chi connectivity index (χ4v) is 5.44. The van der Waals surface area contributed by atoms with E-state index in [1.165, 1.54) is 22.3 Å². The summed E-state index contributed by atoms with van der Waals surface area (Å²) in [5.41, 5.74) is 5.64. The first-order valence-corrected chi connectivity index (χ1v) is 10.1. The van der Waals surface area contributed by atoms with Gasteiger partial charge in [-0.3, -0.25) is 4.79 Å². The lowest BCUT2D eigenvalue weighted by Gasteiger charge is -2.45. The van der Waals surface area contributed by atoms with Gasteiger partial charge < -0.3 is 15.3 Å². The highest BCUT2D eigenvalue weighted by Gasteiger charge is 2.43. The number of rotatable bonds is 3. The van der Waals surface area contributed by atoms with Crippen molar-refractivity contribution in [3.63, 3.8) is 0 Å². The summed E-state index contributed by atoms with van der Waals surface area (Å²) in [5.74, 6) is -0.189. The van der Waals surface area contributed by atoms with Crippen molar-refractivity contribution in [2.75, 3.05) is 19.6 Å². The van der Waals surface area contributed by atoms with Crippen molar-refractivity contribution >= 4 is 12.0 Å². The third-order valence-electron chi connectivity index (χ3n) is 6.76. The zero-order chi connectivity index (χ0) is 19.3. The molecule has 2 N–H and O–H groups in total. The molecule has 3 aliphatic carbocycles. The number of carboxylic acid groups (broad SMARTS) is 1. The topological polar surface area (TPSA) is 69.6 Å². The summed E-state index contributed by atoms with van der Waals surface area (Å²) in [5, 5.41) is 12.2. The number of hydrogen-bond donors (Lipinski definition) is 2. The molecule has 2 amide bonds. The monoisotopic (exact) mass is 376 g/mol. The summed E-state index contributed by atoms with van der Waals surface area (Å²) in [6, 6.07) is 17.3. The van der Waals surface area contributed by atoms with Crippen LogP contribution in [0.1, 0.15) is 46.9 Å². The highest BCUT2D eigenvalue weighted by atomic mass is 16.4. The van der Waals surface area contributed by atoms with Crippen LogP contribution in [0, 0.1) is 11.8 Å². The zero-order valence-electron chi connectivity index (χ0n) is 15.7. The minimum Gasteiger partial charge on any atom is -0.481 e. The molecule has 5 heteroatoms. The van der Waals surface area contributed by atoms with Crippen molar-refractivity contribution in [3.05, 3.63) is 70.8 Å². The lowest BCUT2D eigenvalue weighted by atomic mass is 9.59. The molecule has 1 heterocycles. The second-order valence-corrected chi connectivity index (χ2v) is 8.24. The zero-order valence-corrected chi connectivity index (χ0v) is 15.7. The minimum absolute atomic E-state index is 0.133. The Kier molecular flexibility index (Phi) is 4.11. The maximum atomic E-state index is 12.6. The first kappa shape index (κ1) is 17.3. The highest BCUT2D eigenvalue weighted by Crippen LogP contribution is 2.55. The number of benzene rings is 2. The van der Waals surface area contributed by atoms with E-state index in [4.69, 9.17) is 5.11 Å². The number of nitrogens with one attached hydrogen (secondary N) is 1. The van der Waals surface area contributed by atoms with Gasteiger partial charge in [0.1, 0.15) is 0 Å². The molecule has 2 atom stereocenters. The van der Waals surface area contributed by atoms with E-state index in [-0.39, 0.29) is 6.03 Å². The number of carbonyl (C=O) groups excluding carboxylic acids is 1. The summed E-state index contributed by atoms with van der Waals surface area (Å²) in [6.45, 7) is 1.45. The first-order valence-electron chi connectivity index (χ1n) is 10.1. The lowest BCUT2D eigenvalue weighted by molar-refractivity contribution is -0.141. The molecule has 5 nitrogen and oxygen atoms in total. The predicted molar refractivity (Wildman–Crippen MR) is 105 cm³/mol. The molecule has 1 saturated heterocycles. The second-order valence-electron chi connectivity index (χ2n) is 8.24. The maximum Gasteiger partial charge on any atom is 0.317 e. The van der Waals surface area contributed by atoms with Crippen molar-refractivity contribution in [2.45, 2.75) is 24.7 Å². The van der Waals surface area contributed by atoms with Gasteiger partial charge in [-0.15, -0.1) is 0 Å². The van der Waals surface area contributed by atoms with Gasteiger partial charge in [0.2, 0.25) is 0 Å². The van der Waals surface area contributed by atoms with E-state index < -0.39 is 11.9 Å². The van der Waals surface area contributed by atoms with E-state index in [2.05, 4.69) is 53.8 Å². The molecule has 1 fully saturated rings. The van der Waals surface area contributed by atoms with Crippen molar-refractivity contribution in [1.29, 1.82) is 0 Å². The van der Waals surface area contributed by atoms with E-state index in [1.54, 1.807) is 4.90 Å². The van der Waals surface area contributed by atoms with Crippen molar-refractivity contribution < 1.29 is 14.7 Å². The molecule has 4 aliphatic rings. The Balaban J connectivity index is 1.34. The largest absolute Gasteiger partial charge is 0.481 e. The molecular weight excluding hydrogens is 352 g/mol. The average Bonchev–Trinajstić information content (AvgIpc) is 3.23. The summed E-state index contributed by atoms with van der Waals surface area (Å²) >= 11 is 0. The van der Waals surface area contributed by atoms with E-state index in [9.17, 15) is 9.59 Å². The van der Waals surface area contributed by atoms with Crippen LogP contribution in [0.5, 0.6) is 0 Å². The van der Waals surface area contributed by atoms with Crippen LogP contribution >= 0.6 is 0 Å². The number of aliphatic carboxylic acids is 1. The molecule has 144 valence electrons. The van der Waals surface area contributed by atoms with Crippen LogP contribution in [0.3, 0.4) is 0 Å². The number of nitrogens with zero attached hydrogens (tertiary/aromatic N) is 1. The van der Waals surface area contributed by atoms with Crippen molar-refractivity contribution in [2.24, 2.45) is 11.8 Å². The van der Waals surface area contributed by atoms with Gasteiger partial charge in [-0.1, -0.05) is 48.5 Å². The van der Waals surface area contributed by atoms with Crippen LogP contribution < -0.4 is 5.32 Å². The third-order valence-corrected chi connectivity index (χ3v) is 6.76. The summed E-state index contributed by atoms with van der Waals surface area (Å²) < 4.78 is 0. The van der Waals surface area contributed by atoms with Gasteiger partial charge in [-0.2, -0.15) is 0 Å². The average molecular weight is 376 g/mol. The van der Waals surface area contributed by atoms with Gasteiger partial charge in [0, 0.05) is 31.5 Å². The van der Waals surface area contributed by atoms with Crippen LogP contribution in [0.4, 0.5) is 4.79 Å². The summed E-state index contributed by atoms with van der Waals surface area (Å²) in [6.07, 6.45) is 1.58. The molecular formula is C23H24N2O3. The van der Waals surface area contributed by atoms with Crippen LogP contribution in [-0.4, -0.2) is 41.6 Å². The number of amides is 2. The Morgan fingerprint density at radius 2 is 1.61 bits per heavy atom. The van der Waals surface area contributed by atoms with Crippen LogP contribution in [0.2, 0.25) is 0 Å². The van der Waals surface area contributed by atoms with Gasteiger partial charge >= 0.3 is 12.0 Å². The number of likely N-dealkylation sites (tertiary alicyclic amines) is 1. The van der Waals surface area contributed by atoms with Gasteiger partial charge in [0.25, 0.3) is 0 Å². The molecule has 2 aromatic carbocycles. The Bertz CT molecular complexity index is 893. The molecule has 2 unspecified atom stereocenters. The molecule has 2 aromatic rings. The smallest absolute Gasteiger partial charge is 0.317 e. The predicted octanol–water partition coefficient (Wildman–Crippen LogP) is 3.40. The van der Waals surface area contributed by atoms with Crippen molar-refractivity contribution in [3.8, 4) is 0 Å². The number of fused-ring (bicyclic) bond motifs is 1. The highest BCUT2D eigenvalue weighted by molar-refractivity contribution is 5.77. The van der Waals surface area contributed by atoms with Crippen molar-refractivity contribution in [1.82, 2.24) is 10.2 Å². The Morgan fingerprint density at radius 1 is 1.00 bits per heavy atom. The number of urea groups is 1. The van der Waals surface area contributed by atoms with E-state index in [0.717, 1.165) is 6.42 Å². The molecule has 6 rings (SSSR count). The Labute approximate surface area is 164 Å². The maximum absolute atomic E-state index is 12.6. The molecule has 0 aromatic heterocycles. The molecule has 28 heavy (non-hydrogen) atoms. The Morgan fingerprint density at radius 3 is 2.18 bits per heavy atom. The fourth-order valence-electron chi connectivity index (χ4n) is 5.44. The SMILES string of the molecule is O=C(O)C1CCN(C(=O)NCC2CC3c4ccccc4C2c2ccccc23)C1. The number of carbonyl (C=O) groups is 2.